The normalized spacial score (nSPS) is 40.5. The Kier molecular flexibility index (Phi) is 4.40. The number of rotatable bonds is 4. The van der Waals surface area contributed by atoms with Crippen molar-refractivity contribution in [2.75, 3.05) is 13.2 Å². The van der Waals surface area contributed by atoms with E-state index in [-0.39, 0.29) is 11.2 Å². The molecule has 1 saturated heterocycles. The second kappa shape index (κ2) is 5.94. The van der Waals surface area contributed by atoms with Crippen molar-refractivity contribution in [1.29, 1.82) is 0 Å². The highest BCUT2D eigenvalue weighted by Crippen LogP contribution is 2.44. The zero-order chi connectivity index (χ0) is 14.1. The van der Waals surface area contributed by atoms with Crippen LogP contribution in [-0.4, -0.2) is 30.5 Å². The van der Waals surface area contributed by atoms with E-state index in [1.54, 1.807) is 0 Å². The smallest absolute Gasteiger partial charge is 0.0817 e. The van der Waals surface area contributed by atoms with E-state index in [1.807, 2.05) is 0 Å². The van der Waals surface area contributed by atoms with E-state index in [4.69, 9.17) is 15.2 Å². The standard InChI is InChI=1S/C17H31NO2/c1-14-5-4-9-17(11-14,13-18)19-12-15-6-10-16(20-15)7-2-3-8-16/h14-15H,2-13,18H2,1H3. The van der Waals surface area contributed by atoms with Crippen LogP contribution in [0.3, 0.4) is 0 Å². The summed E-state index contributed by atoms with van der Waals surface area (Å²) in [6.07, 6.45) is 12.8. The van der Waals surface area contributed by atoms with Gasteiger partial charge in [0, 0.05) is 6.54 Å². The van der Waals surface area contributed by atoms with Gasteiger partial charge in [0.2, 0.25) is 0 Å². The second-order valence-corrected chi connectivity index (χ2v) is 7.57. The summed E-state index contributed by atoms with van der Waals surface area (Å²) in [5.74, 6) is 0.748. The molecule has 0 aromatic heterocycles. The van der Waals surface area contributed by atoms with E-state index in [1.165, 1.54) is 51.4 Å². The molecule has 3 heteroatoms. The summed E-state index contributed by atoms with van der Waals surface area (Å²) in [4.78, 5) is 0. The fourth-order valence-corrected chi connectivity index (χ4v) is 4.66. The van der Waals surface area contributed by atoms with Gasteiger partial charge in [-0.2, -0.15) is 0 Å². The molecule has 20 heavy (non-hydrogen) atoms. The van der Waals surface area contributed by atoms with Gasteiger partial charge in [0.05, 0.1) is 23.9 Å². The van der Waals surface area contributed by atoms with Gasteiger partial charge in [-0.25, -0.2) is 0 Å². The van der Waals surface area contributed by atoms with Crippen molar-refractivity contribution in [2.45, 2.75) is 88.4 Å². The monoisotopic (exact) mass is 281 g/mol. The fourth-order valence-electron chi connectivity index (χ4n) is 4.66. The molecule has 116 valence electrons. The van der Waals surface area contributed by atoms with E-state index in [0.29, 0.717) is 12.6 Å². The maximum Gasteiger partial charge on any atom is 0.0817 e. The summed E-state index contributed by atoms with van der Waals surface area (Å²) in [5, 5.41) is 0. The molecule has 2 saturated carbocycles. The summed E-state index contributed by atoms with van der Waals surface area (Å²) in [7, 11) is 0. The van der Waals surface area contributed by atoms with Gasteiger partial charge in [-0.1, -0.05) is 32.6 Å². The SMILES string of the molecule is CC1CCCC(CN)(OCC2CCC3(CCCC3)O2)C1. The predicted molar refractivity (Wildman–Crippen MR) is 80.7 cm³/mol. The van der Waals surface area contributed by atoms with Crippen molar-refractivity contribution in [3.63, 3.8) is 0 Å². The molecule has 0 aromatic rings. The first-order chi connectivity index (χ1) is 9.65. The van der Waals surface area contributed by atoms with E-state index in [9.17, 15) is 0 Å². The third-order valence-corrected chi connectivity index (χ3v) is 5.85. The third-order valence-electron chi connectivity index (χ3n) is 5.85. The van der Waals surface area contributed by atoms with Crippen LogP contribution >= 0.6 is 0 Å². The lowest BCUT2D eigenvalue weighted by molar-refractivity contribution is -0.127. The van der Waals surface area contributed by atoms with Crippen LogP contribution in [0.5, 0.6) is 0 Å². The second-order valence-electron chi connectivity index (χ2n) is 7.57. The minimum Gasteiger partial charge on any atom is -0.371 e. The summed E-state index contributed by atoms with van der Waals surface area (Å²) in [6.45, 7) is 3.74. The Bertz CT molecular complexity index is 327. The zero-order valence-corrected chi connectivity index (χ0v) is 13.0. The Morgan fingerprint density at radius 1 is 1.10 bits per heavy atom. The number of nitrogens with two attached hydrogens (primary N) is 1. The lowest BCUT2D eigenvalue weighted by Crippen LogP contribution is -2.46. The average Bonchev–Trinajstić information content (AvgIpc) is 3.07. The van der Waals surface area contributed by atoms with Crippen LogP contribution in [0.1, 0.15) is 71.1 Å². The molecule has 1 aliphatic heterocycles. The molecular weight excluding hydrogens is 250 g/mol. The van der Waals surface area contributed by atoms with Gasteiger partial charge in [-0.3, -0.25) is 0 Å². The largest absolute Gasteiger partial charge is 0.371 e. The lowest BCUT2D eigenvalue weighted by Gasteiger charge is -2.39. The molecule has 3 aliphatic rings. The minimum absolute atomic E-state index is 0.0630. The van der Waals surface area contributed by atoms with Gasteiger partial charge in [0.15, 0.2) is 0 Å². The van der Waals surface area contributed by atoms with Crippen LogP contribution in [0.2, 0.25) is 0 Å². The summed E-state index contributed by atoms with van der Waals surface area (Å²) in [6, 6.07) is 0. The molecule has 3 unspecified atom stereocenters. The van der Waals surface area contributed by atoms with Crippen molar-refractivity contribution in [1.82, 2.24) is 0 Å². The Morgan fingerprint density at radius 2 is 1.90 bits per heavy atom. The highest BCUT2D eigenvalue weighted by Gasteiger charge is 2.43. The van der Waals surface area contributed by atoms with Crippen LogP contribution in [0.4, 0.5) is 0 Å². The predicted octanol–water partition coefficient (Wildman–Crippen LogP) is 3.40. The maximum absolute atomic E-state index is 6.35. The Morgan fingerprint density at radius 3 is 2.60 bits per heavy atom. The molecule has 3 atom stereocenters. The van der Waals surface area contributed by atoms with E-state index < -0.39 is 0 Å². The van der Waals surface area contributed by atoms with Gasteiger partial charge in [0.1, 0.15) is 0 Å². The van der Waals surface area contributed by atoms with E-state index in [0.717, 1.165) is 25.4 Å². The van der Waals surface area contributed by atoms with Crippen molar-refractivity contribution in [3.05, 3.63) is 0 Å². The van der Waals surface area contributed by atoms with Crippen LogP contribution in [0.25, 0.3) is 0 Å². The molecule has 3 nitrogen and oxygen atoms in total. The molecular formula is C17H31NO2. The molecule has 2 N–H and O–H groups in total. The fraction of sp³-hybridized carbons (Fsp3) is 1.00. The Balaban J connectivity index is 1.51. The number of hydrogen-bond acceptors (Lipinski definition) is 3. The number of hydrogen-bond donors (Lipinski definition) is 1. The van der Waals surface area contributed by atoms with Crippen LogP contribution in [0, 0.1) is 5.92 Å². The van der Waals surface area contributed by atoms with Crippen molar-refractivity contribution < 1.29 is 9.47 Å². The highest BCUT2D eigenvalue weighted by molar-refractivity contribution is 4.94. The third kappa shape index (κ3) is 3.05. The van der Waals surface area contributed by atoms with Crippen molar-refractivity contribution in [3.8, 4) is 0 Å². The first-order valence-electron chi connectivity index (χ1n) is 8.67. The summed E-state index contributed by atoms with van der Waals surface area (Å²) in [5.41, 5.74) is 6.20. The summed E-state index contributed by atoms with van der Waals surface area (Å²) >= 11 is 0. The molecule has 0 radical (unpaired) electrons. The molecule has 1 spiro atoms. The molecule has 3 fully saturated rings. The molecule has 0 aromatic carbocycles. The first-order valence-corrected chi connectivity index (χ1v) is 8.67. The topological polar surface area (TPSA) is 44.5 Å². The highest BCUT2D eigenvalue weighted by atomic mass is 16.6. The molecule has 0 bridgehead atoms. The van der Waals surface area contributed by atoms with Crippen molar-refractivity contribution >= 4 is 0 Å². The van der Waals surface area contributed by atoms with Crippen LogP contribution in [0.15, 0.2) is 0 Å². The minimum atomic E-state index is -0.0630. The van der Waals surface area contributed by atoms with E-state index in [2.05, 4.69) is 6.92 Å². The Labute approximate surface area is 123 Å². The van der Waals surface area contributed by atoms with Gasteiger partial charge >= 0.3 is 0 Å². The van der Waals surface area contributed by atoms with Crippen LogP contribution < -0.4 is 5.73 Å². The molecule has 1 heterocycles. The maximum atomic E-state index is 6.35. The molecule has 0 amide bonds. The quantitative estimate of drug-likeness (QED) is 0.859. The van der Waals surface area contributed by atoms with Crippen molar-refractivity contribution in [2.24, 2.45) is 11.7 Å². The van der Waals surface area contributed by atoms with Gasteiger partial charge in [0.25, 0.3) is 0 Å². The average molecular weight is 281 g/mol. The van der Waals surface area contributed by atoms with Crippen LogP contribution in [-0.2, 0) is 9.47 Å². The molecule has 2 aliphatic carbocycles. The van der Waals surface area contributed by atoms with Gasteiger partial charge in [-0.05, 0) is 44.4 Å². The van der Waals surface area contributed by atoms with E-state index >= 15 is 0 Å². The Hall–Kier alpha value is -0.120. The summed E-state index contributed by atoms with van der Waals surface area (Å²) < 4.78 is 12.7. The van der Waals surface area contributed by atoms with Gasteiger partial charge in [-0.15, -0.1) is 0 Å². The first kappa shape index (κ1) is 14.8. The number of ether oxygens (including phenoxy) is 2. The van der Waals surface area contributed by atoms with Gasteiger partial charge < -0.3 is 15.2 Å². The molecule has 3 rings (SSSR count). The lowest BCUT2D eigenvalue weighted by atomic mass is 9.79. The zero-order valence-electron chi connectivity index (χ0n) is 13.0.